The zero-order valence-corrected chi connectivity index (χ0v) is 10.2. The lowest BCUT2D eigenvalue weighted by Gasteiger charge is -2.15. The van der Waals surface area contributed by atoms with E-state index in [2.05, 4.69) is 4.99 Å². The second-order valence-electron chi connectivity index (χ2n) is 3.56. The minimum absolute atomic E-state index is 0.0249. The molecule has 4 heteroatoms. The van der Waals surface area contributed by atoms with Crippen LogP contribution in [-0.2, 0) is 0 Å². The maximum atomic E-state index is 6.22. The highest BCUT2D eigenvalue weighted by molar-refractivity contribution is 6.61. The number of hydrogen-bond acceptors (Lipinski definition) is 1. The molecule has 1 aliphatic rings. The van der Waals surface area contributed by atoms with E-state index in [0.717, 1.165) is 11.3 Å². The maximum absolute atomic E-state index is 6.22. The predicted molar refractivity (Wildman–Crippen MR) is 66.5 cm³/mol. The van der Waals surface area contributed by atoms with Gasteiger partial charge in [0, 0.05) is 12.3 Å². The van der Waals surface area contributed by atoms with E-state index in [9.17, 15) is 0 Å². The number of nitrogens with zero attached hydrogens (tertiary/aromatic N) is 1. The van der Waals surface area contributed by atoms with Gasteiger partial charge >= 0.3 is 0 Å². The number of benzene rings is 1. The van der Waals surface area contributed by atoms with Gasteiger partial charge in [-0.2, -0.15) is 0 Å². The van der Waals surface area contributed by atoms with Gasteiger partial charge in [-0.3, -0.25) is 4.99 Å². The molecule has 1 unspecified atom stereocenters. The van der Waals surface area contributed by atoms with Crippen LogP contribution in [0.25, 0.3) is 0 Å². The summed E-state index contributed by atoms with van der Waals surface area (Å²) in [5.74, 6) is 0.456. The van der Waals surface area contributed by atoms with Crippen molar-refractivity contribution in [2.45, 2.75) is 16.8 Å². The van der Waals surface area contributed by atoms with Crippen LogP contribution < -0.4 is 0 Å². The van der Waals surface area contributed by atoms with Gasteiger partial charge in [-0.05, 0) is 5.56 Å². The van der Waals surface area contributed by atoms with E-state index >= 15 is 0 Å². The van der Waals surface area contributed by atoms with Gasteiger partial charge in [0.1, 0.15) is 0 Å². The van der Waals surface area contributed by atoms with Crippen molar-refractivity contribution in [2.75, 3.05) is 5.88 Å². The maximum Gasteiger partial charge on any atom is 0.162 e. The first kappa shape index (κ1) is 11.3. The lowest BCUT2D eigenvalue weighted by Crippen LogP contribution is -2.23. The summed E-state index contributed by atoms with van der Waals surface area (Å²) in [6.07, 6.45) is 0.587. The summed E-state index contributed by atoms with van der Waals surface area (Å²) in [7, 11) is 0. The molecule has 15 heavy (non-hydrogen) atoms. The third-order valence-corrected chi connectivity index (χ3v) is 3.40. The van der Waals surface area contributed by atoms with Crippen molar-refractivity contribution in [2.24, 2.45) is 4.99 Å². The lowest BCUT2D eigenvalue weighted by atomic mass is 10.1. The quantitative estimate of drug-likeness (QED) is 0.721. The summed E-state index contributed by atoms with van der Waals surface area (Å²) in [6, 6.07) is 9.76. The van der Waals surface area contributed by atoms with Gasteiger partial charge in [-0.15, -0.1) is 11.6 Å². The van der Waals surface area contributed by atoms with Crippen molar-refractivity contribution in [1.82, 2.24) is 0 Å². The van der Waals surface area contributed by atoms with E-state index < -0.39 is 4.33 Å². The topological polar surface area (TPSA) is 12.4 Å². The zero-order chi connectivity index (χ0) is 10.9. The van der Waals surface area contributed by atoms with Crippen molar-refractivity contribution >= 4 is 40.5 Å². The Balaban J connectivity index is 2.36. The molecule has 0 saturated carbocycles. The molecule has 0 saturated heterocycles. The molecule has 0 amide bonds. The first-order valence-corrected chi connectivity index (χ1v) is 6.00. The van der Waals surface area contributed by atoms with Crippen molar-refractivity contribution in [3.8, 4) is 0 Å². The minimum Gasteiger partial charge on any atom is -0.281 e. The minimum atomic E-state index is -0.902. The van der Waals surface area contributed by atoms with Crippen LogP contribution in [0.1, 0.15) is 12.0 Å². The van der Waals surface area contributed by atoms with Crippen LogP contribution >= 0.6 is 34.8 Å². The monoisotopic (exact) mass is 261 g/mol. The molecule has 1 aromatic carbocycles. The molecular weight excluding hydrogens is 252 g/mol. The van der Waals surface area contributed by atoms with Gasteiger partial charge in [0.2, 0.25) is 0 Å². The molecule has 1 aromatic rings. The summed E-state index contributed by atoms with van der Waals surface area (Å²) in [6.45, 7) is 0. The largest absolute Gasteiger partial charge is 0.281 e. The Bertz CT molecular complexity index is 373. The van der Waals surface area contributed by atoms with Crippen molar-refractivity contribution < 1.29 is 0 Å². The van der Waals surface area contributed by atoms with Gasteiger partial charge in [-0.25, -0.2) is 0 Å². The summed E-state index contributed by atoms with van der Waals surface area (Å²) >= 11 is 18.2. The molecule has 1 atom stereocenters. The van der Waals surface area contributed by atoms with E-state index in [1.165, 1.54) is 0 Å². The van der Waals surface area contributed by atoms with E-state index in [0.29, 0.717) is 12.3 Å². The Kier molecular flexibility index (Phi) is 3.24. The molecule has 0 radical (unpaired) electrons. The van der Waals surface area contributed by atoms with Crippen LogP contribution in [0, 0.1) is 0 Å². The Morgan fingerprint density at radius 1 is 1.27 bits per heavy atom. The molecule has 0 N–H and O–H groups in total. The predicted octanol–water partition coefficient (Wildman–Crippen LogP) is 3.66. The second kappa shape index (κ2) is 4.32. The van der Waals surface area contributed by atoms with E-state index in [4.69, 9.17) is 34.8 Å². The second-order valence-corrected chi connectivity index (χ2v) is 5.35. The molecule has 1 heterocycles. The molecule has 0 aromatic heterocycles. The van der Waals surface area contributed by atoms with E-state index in [1.807, 2.05) is 30.3 Å². The first-order valence-electron chi connectivity index (χ1n) is 4.71. The lowest BCUT2D eigenvalue weighted by molar-refractivity contribution is 0.728. The Morgan fingerprint density at radius 3 is 2.47 bits per heavy atom. The first-order chi connectivity index (χ1) is 7.13. The molecule has 1 nitrogen and oxygen atoms in total. The van der Waals surface area contributed by atoms with Crippen LogP contribution in [0.2, 0.25) is 0 Å². The normalized spacial score (nSPS) is 23.9. The van der Waals surface area contributed by atoms with Crippen LogP contribution in [-0.4, -0.2) is 22.0 Å². The molecule has 0 spiro atoms. The summed E-state index contributed by atoms with van der Waals surface area (Å²) in [4.78, 5) is 4.45. The standard InChI is InChI=1S/C11H10Cl3N/c12-7-9-6-11(13,14)10(15-9)8-4-2-1-3-5-8/h1-5,9H,6-7H2. The summed E-state index contributed by atoms with van der Waals surface area (Å²) in [5.41, 5.74) is 1.70. The fraction of sp³-hybridized carbons (Fsp3) is 0.364. The summed E-state index contributed by atoms with van der Waals surface area (Å²) in [5, 5.41) is 0. The van der Waals surface area contributed by atoms with Gasteiger partial charge in [0.05, 0.1) is 11.8 Å². The average Bonchev–Trinajstić information content (AvgIpc) is 2.55. The highest BCUT2D eigenvalue weighted by Gasteiger charge is 2.40. The third kappa shape index (κ3) is 2.30. The Morgan fingerprint density at radius 2 is 1.93 bits per heavy atom. The smallest absolute Gasteiger partial charge is 0.162 e. The molecule has 1 aliphatic heterocycles. The molecule has 2 rings (SSSR count). The molecule has 0 fully saturated rings. The van der Waals surface area contributed by atoms with Crippen LogP contribution in [0.4, 0.5) is 0 Å². The SMILES string of the molecule is ClCC1CC(Cl)(Cl)C(c2ccccc2)=N1. The van der Waals surface area contributed by atoms with Gasteiger partial charge in [0.15, 0.2) is 4.33 Å². The van der Waals surface area contributed by atoms with Crippen LogP contribution in [0.3, 0.4) is 0 Å². The van der Waals surface area contributed by atoms with E-state index in [1.54, 1.807) is 0 Å². The average molecular weight is 263 g/mol. The third-order valence-electron chi connectivity index (χ3n) is 2.38. The van der Waals surface area contributed by atoms with Gasteiger partial charge in [-0.1, -0.05) is 53.5 Å². The van der Waals surface area contributed by atoms with Gasteiger partial charge in [0.25, 0.3) is 0 Å². The fourth-order valence-corrected chi connectivity index (χ4v) is 2.54. The highest BCUT2D eigenvalue weighted by atomic mass is 35.5. The Hall–Kier alpha value is -0.240. The molecule has 0 bridgehead atoms. The fourth-order valence-electron chi connectivity index (χ4n) is 1.69. The molecular formula is C11H10Cl3N. The number of halogens is 3. The number of alkyl halides is 3. The number of hydrogen-bond donors (Lipinski definition) is 0. The molecule has 80 valence electrons. The number of aliphatic imine (C=N–C) groups is 1. The highest BCUT2D eigenvalue weighted by Crippen LogP contribution is 2.38. The van der Waals surface area contributed by atoms with Crippen LogP contribution in [0.5, 0.6) is 0 Å². The molecule has 0 aliphatic carbocycles. The summed E-state index contributed by atoms with van der Waals surface area (Å²) < 4.78 is -0.902. The van der Waals surface area contributed by atoms with Crippen molar-refractivity contribution in [1.29, 1.82) is 0 Å². The van der Waals surface area contributed by atoms with Gasteiger partial charge < -0.3 is 0 Å². The van der Waals surface area contributed by atoms with Crippen LogP contribution in [0.15, 0.2) is 35.3 Å². The number of rotatable bonds is 2. The van der Waals surface area contributed by atoms with Crippen molar-refractivity contribution in [3.05, 3.63) is 35.9 Å². The van der Waals surface area contributed by atoms with E-state index in [-0.39, 0.29) is 6.04 Å². The zero-order valence-electron chi connectivity index (χ0n) is 7.96. The Labute approximate surface area is 104 Å². The van der Waals surface area contributed by atoms with Crippen molar-refractivity contribution in [3.63, 3.8) is 0 Å².